The molecule has 1 aliphatic carbocycles. The fourth-order valence-electron chi connectivity index (χ4n) is 2.42. The van der Waals surface area contributed by atoms with Gasteiger partial charge in [0.1, 0.15) is 5.75 Å². The molecule has 2 nitrogen and oxygen atoms in total. The minimum absolute atomic E-state index is 0.172. The summed E-state index contributed by atoms with van der Waals surface area (Å²) in [5, 5.41) is 9.87. The van der Waals surface area contributed by atoms with Crippen LogP contribution in [0.25, 0.3) is 0 Å². The number of aliphatic hydroxyl groups excluding tert-OH is 1. The minimum atomic E-state index is -0.172. The van der Waals surface area contributed by atoms with E-state index in [4.69, 9.17) is 4.74 Å². The van der Waals surface area contributed by atoms with Gasteiger partial charge in [0.05, 0.1) is 12.2 Å². The van der Waals surface area contributed by atoms with Crippen molar-refractivity contribution in [3.05, 3.63) is 29.8 Å². The molecule has 0 aromatic heterocycles. The van der Waals surface area contributed by atoms with Gasteiger partial charge in [0.25, 0.3) is 0 Å². The highest BCUT2D eigenvalue weighted by Gasteiger charge is 2.26. The van der Waals surface area contributed by atoms with Crippen molar-refractivity contribution in [2.45, 2.75) is 51.2 Å². The standard InChI is InChI=1S/C14H20O2/c1-10(2)16-12-6-3-5-11(9-12)13-7-4-8-14(13)15/h3,5-6,9-10,13-15H,4,7-8H2,1-2H3/t13-,14-/m0/s1. The average molecular weight is 220 g/mol. The van der Waals surface area contributed by atoms with E-state index in [0.717, 1.165) is 25.0 Å². The predicted molar refractivity (Wildman–Crippen MR) is 64.8 cm³/mol. The Labute approximate surface area is 97.3 Å². The molecule has 0 radical (unpaired) electrons. The van der Waals surface area contributed by atoms with Crippen molar-refractivity contribution < 1.29 is 9.84 Å². The first kappa shape index (κ1) is 11.5. The van der Waals surface area contributed by atoms with Crippen LogP contribution >= 0.6 is 0 Å². The lowest BCUT2D eigenvalue weighted by atomic mass is 9.96. The molecule has 0 amide bonds. The topological polar surface area (TPSA) is 29.5 Å². The highest BCUT2D eigenvalue weighted by molar-refractivity contribution is 5.32. The number of benzene rings is 1. The summed E-state index contributed by atoms with van der Waals surface area (Å²) in [6.07, 6.45) is 3.17. The summed E-state index contributed by atoms with van der Waals surface area (Å²) in [7, 11) is 0. The van der Waals surface area contributed by atoms with Crippen molar-refractivity contribution in [2.75, 3.05) is 0 Å². The van der Waals surface area contributed by atoms with Gasteiger partial charge in [0, 0.05) is 5.92 Å². The molecule has 1 aliphatic rings. The van der Waals surface area contributed by atoms with Crippen LogP contribution in [-0.2, 0) is 0 Å². The third kappa shape index (κ3) is 2.56. The molecule has 1 fully saturated rings. The number of hydrogen-bond donors (Lipinski definition) is 1. The zero-order valence-electron chi connectivity index (χ0n) is 10.0. The Hall–Kier alpha value is -1.02. The van der Waals surface area contributed by atoms with Crippen LogP contribution in [0, 0.1) is 0 Å². The van der Waals surface area contributed by atoms with Gasteiger partial charge in [-0.3, -0.25) is 0 Å². The molecule has 0 saturated heterocycles. The van der Waals surface area contributed by atoms with Crippen molar-refractivity contribution in [1.29, 1.82) is 0 Å². The van der Waals surface area contributed by atoms with Gasteiger partial charge in [-0.05, 0) is 44.4 Å². The highest BCUT2D eigenvalue weighted by atomic mass is 16.5. The molecule has 1 saturated carbocycles. The van der Waals surface area contributed by atoms with Gasteiger partial charge in [-0.15, -0.1) is 0 Å². The van der Waals surface area contributed by atoms with Crippen molar-refractivity contribution in [3.8, 4) is 5.75 Å². The van der Waals surface area contributed by atoms with Crippen LogP contribution in [0.2, 0.25) is 0 Å². The molecule has 0 spiro atoms. The molecule has 1 aromatic rings. The normalized spacial score (nSPS) is 25.0. The van der Waals surface area contributed by atoms with E-state index in [0.29, 0.717) is 5.92 Å². The number of ether oxygens (including phenoxy) is 1. The van der Waals surface area contributed by atoms with E-state index in [1.54, 1.807) is 0 Å². The number of hydrogen-bond acceptors (Lipinski definition) is 2. The van der Waals surface area contributed by atoms with Gasteiger partial charge in [0.2, 0.25) is 0 Å². The summed E-state index contributed by atoms with van der Waals surface area (Å²) in [6, 6.07) is 8.15. The summed E-state index contributed by atoms with van der Waals surface area (Å²) in [5.41, 5.74) is 1.21. The zero-order chi connectivity index (χ0) is 11.5. The summed E-state index contributed by atoms with van der Waals surface area (Å²) in [4.78, 5) is 0. The molecule has 2 heteroatoms. The molecule has 88 valence electrons. The zero-order valence-corrected chi connectivity index (χ0v) is 10.0. The van der Waals surface area contributed by atoms with Gasteiger partial charge in [-0.1, -0.05) is 18.6 Å². The molecule has 0 heterocycles. The van der Waals surface area contributed by atoms with Crippen LogP contribution in [0.4, 0.5) is 0 Å². The SMILES string of the molecule is CC(C)Oc1cccc([C@@H]2CCC[C@@H]2O)c1. The van der Waals surface area contributed by atoms with Crippen molar-refractivity contribution >= 4 is 0 Å². The van der Waals surface area contributed by atoms with E-state index in [1.807, 2.05) is 26.0 Å². The lowest BCUT2D eigenvalue weighted by Gasteiger charge is -2.17. The van der Waals surface area contributed by atoms with Gasteiger partial charge in [0.15, 0.2) is 0 Å². The number of rotatable bonds is 3. The quantitative estimate of drug-likeness (QED) is 0.848. The van der Waals surface area contributed by atoms with E-state index in [1.165, 1.54) is 5.56 Å². The van der Waals surface area contributed by atoms with Crippen molar-refractivity contribution in [3.63, 3.8) is 0 Å². The van der Waals surface area contributed by atoms with Crippen LogP contribution in [0.5, 0.6) is 5.75 Å². The Morgan fingerprint density at radius 2 is 2.12 bits per heavy atom. The Kier molecular flexibility index (Phi) is 3.49. The third-order valence-corrected chi connectivity index (χ3v) is 3.14. The van der Waals surface area contributed by atoms with Crippen molar-refractivity contribution in [1.82, 2.24) is 0 Å². The fraction of sp³-hybridized carbons (Fsp3) is 0.571. The maximum atomic E-state index is 9.87. The first-order chi connectivity index (χ1) is 7.66. The second-order valence-electron chi connectivity index (χ2n) is 4.84. The summed E-state index contributed by atoms with van der Waals surface area (Å²) in [5.74, 6) is 1.21. The second-order valence-corrected chi connectivity index (χ2v) is 4.84. The fourth-order valence-corrected chi connectivity index (χ4v) is 2.42. The average Bonchev–Trinajstić information content (AvgIpc) is 2.64. The molecular formula is C14H20O2. The highest BCUT2D eigenvalue weighted by Crippen LogP contribution is 2.35. The lowest BCUT2D eigenvalue weighted by molar-refractivity contribution is 0.163. The predicted octanol–water partition coefficient (Wildman–Crippen LogP) is 3.10. The first-order valence-electron chi connectivity index (χ1n) is 6.11. The van der Waals surface area contributed by atoms with Crippen LogP contribution in [0.15, 0.2) is 24.3 Å². The molecule has 2 atom stereocenters. The minimum Gasteiger partial charge on any atom is -0.491 e. The molecule has 0 bridgehead atoms. The van der Waals surface area contributed by atoms with Crippen LogP contribution in [-0.4, -0.2) is 17.3 Å². The summed E-state index contributed by atoms with van der Waals surface area (Å²) in [6.45, 7) is 4.05. The van der Waals surface area contributed by atoms with Crippen LogP contribution in [0.3, 0.4) is 0 Å². The molecule has 2 rings (SSSR count). The van der Waals surface area contributed by atoms with E-state index in [-0.39, 0.29) is 12.2 Å². The molecule has 0 unspecified atom stereocenters. The Morgan fingerprint density at radius 3 is 2.75 bits per heavy atom. The van der Waals surface area contributed by atoms with Gasteiger partial charge in [-0.2, -0.15) is 0 Å². The Morgan fingerprint density at radius 1 is 1.31 bits per heavy atom. The van der Waals surface area contributed by atoms with Gasteiger partial charge in [-0.25, -0.2) is 0 Å². The van der Waals surface area contributed by atoms with Crippen LogP contribution in [0.1, 0.15) is 44.6 Å². The largest absolute Gasteiger partial charge is 0.491 e. The van der Waals surface area contributed by atoms with Gasteiger partial charge < -0.3 is 9.84 Å². The third-order valence-electron chi connectivity index (χ3n) is 3.14. The van der Waals surface area contributed by atoms with E-state index >= 15 is 0 Å². The molecular weight excluding hydrogens is 200 g/mol. The second kappa shape index (κ2) is 4.88. The van der Waals surface area contributed by atoms with Crippen LogP contribution < -0.4 is 4.74 Å². The maximum Gasteiger partial charge on any atom is 0.119 e. The monoisotopic (exact) mass is 220 g/mol. The smallest absolute Gasteiger partial charge is 0.119 e. The van der Waals surface area contributed by atoms with E-state index < -0.39 is 0 Å². The number of aliphatic hydroxyl groups is 1. The van der Waals surface area contributed by atoms with Gasteiger partial charge >= 0.3 is 0 Å². The summed E-state index contributed by atoms with van der Waals surface area (Å²) >= 11 is 0. The maximum absolute atomic E-state index is 9.87. The molecule has 16 heavy (non-hydrogen) atoms. The summed E-state index contributed by atoms with van der Waals surface area (Å²) < 4.78 is 5.67. The molecule has 1 N–H and O–H groups in total. The molecule has 0 aliphatic heterocycles. The lowest BCUT2D eigenvalue weighted by Crippen LogP contribution is -2.11. The first-order valence-corrected chi connectivity index (χ1v) is 6.11. The Bertz CT molecular complexity index is 346. The Balaban J connectivity index is 2.15. The van der Waals surface area contributed by atoms with Crippen molar-refractivity contribution in [2.24, 2.45) is 0 Å². The van der Waals surface area contributed by atoms with E-state index in [2.05, 4.69) is 12.1 Å². The molecule has 1 aromatic carbocycles. The van der Waals surface area contributed by atoms with E-state index in [9.17, 15) is 5.11 Å².